The number of imidazole rings is 1. The van der Waals surface area contributed by atoms with Crippen LogP contribution in [0.1, 0.15) is 10.4 Å². The first-order valence-electron chi connectivity index (χ1n) is 13.9. The molecule has 0 unspecified atom stereocenters. The standard InChI is InChI=1S/C30H20N6O12S3/c37-28-18-10-12-23-26(32-29(31-23)19-3-1-2-4-24(19)50(43,44)45)20(18)14-25(51(46,47)48)27(28)36-35-22-11-7-16(13-21(22)30(38)39)34-33-15-5-8-17(9-6-15)49(40,41)42/h1-14,37H,(H,31,32)(H,38,39)(H,40,41,42)(H,43,44,45)(H,46,47,48)/b34-33+,36-35+. The van der Waals surface area contributed by atoms with E-state index >= 15 is 0 Å². The van der Waals surface area contributed by atoms with Crippen LogP contribution in [0, 0.1) is 0 Å². The number of phenols is 1. The van der Waals surface area contributed by atoms with Gasteiger partial charge in [-0.3, -0.25) is 13.7 Å². The molecule has 0 bridgehead atoms. The lowest BCUT2D eigenvalue weighted by Crippen LogP contribution is -2.01. The molecule has 260 valence electrons. The van der Waals surface area contributed by atoms with Gasteiger partial charge in [0.2, 0.25) is 0 Å². The number of carboxylic acid groups (broad SMARTS) is 1. The van der Waals surface area contributed by atoms with Crippen molar-refractivity contribution in [3.8, 4) is 17.1 Å². The minimum absolute atomic E-state index is 0.00762. The van der Waals surface area contributed by atoms with E-state index in [0.717, 1.165) is 36.4 Å². The molecule has 0 atom stereocenters. The van der Waals surface area contributed by atoms with E-state index in [0.29, 0.717) is 0 Å². The summed E-state index contributed by atoms with van der Waals surface area (Å²) in [6.45, 7) is 0. The fourth-order valence-corrected chi connectivity index (χ4v) is 6.78. The van der Waals surface area contributed by atoms with Gasteiger partial charge < -0.3 is 15.2 Å². The van der Waals surface area contributed by atoms with E-state index in [9.17, 15) is 49.4 Å². The maximum Gasteiger partial charge on any atom is 0.338 e. The Morgan fingerprint density at radius 1 is 0.667 bits per heavy atom. The summed E-state index contributed by atoms with van der Waals surface area (Å²) in [6.07, 6.45) is 0. The third-order valence-corrected chi connectivity index (χ3v) is 9.92. The van der Waals surface area contributed by atoms with Gasteiger partial charge in [-0.1, -0.05) is 12.1 Å². The first-order chi connectivity index (χ1) is 23.9. The Labute approximate surface area is 286 Å². The zero-order valence-corrected chi connectivity index (χ0v) is 27.6. The van der Waals surface area contributed by atoms with Crippen molar-refractivity contribution in [2.45, 2.75) is 14.7 Å². The summed E-state index contributed by atoms with van der Waals surface area (Å²) in [4.78, 5) is 17.5. The molecule has 51 heavy (non-hydrogen) atoms. The van der Waals surface area contributed by atoms with Gasteiger partial charge in [0.1, 0.15) is 27.0 Å². The molecule has 0 radical (unpaired) electrons. The zero-order chi connectivity index (χ0) is 36.9. The van der Waals surface area contributed by atoms with Crippen LogP contribution in [0.25, 0.3) is 33.2 Å². The molecule has 0 aliphatic rings. The summed E-state index contributed by atoms with van der Waals surface area (Å²) in [7, 11) is -14.2. The van der Waals surface area contributed by atoms with Crippen molar-refractivity contribution >= 4 is 80.9 Å². The number of aromatic carboxylic acids is 1. The Hall–Kier alpha value is -5.97. The normalized spacial score (nSPS) is 12.8. The van der Waals surface area contributed by atoms with Gasteiger partial charge in [-0.2, -0.15) is 35.5 Å². The predicted octanol–water partition coefficient (Wildman–Crippen LogP) is 6.36. The summed E-state index contributed by atoms with van der Waals surface area (Å²) in [5.74, 6) is -2.30. The Balaban J connectivity index is 1.41. The van der Waals surface area contributed by atoms with E-state index in [1.165, 1.54) is 48.5 Å². The van der Waals surface area contributed by atoms with E-state index in [4.69, 9.17) is 4.55 Å². The van der Waals surface area contributed by atoms with Gasteiger partial charge >= 0.3 is 5.97 Å². The lowest BCUT2D eigenvalue weighted by molar-refractivity contribution is 0.0697. The Morgan fingerprint density at radius 3 is 1.96 bits per heavy atom. The fraction of sp³-hybridized carbons (Fsp3) is 0. The largest absolute Gasteiger partial charge is 0.505 e. The number of hydrogen-bond acceptors (Lipinski definition) is 13. The van der Waals surface area contributed by atoms with Crippen LogP contribution in [0.2, 0.25) is 0 Å². The number of nitrogens with zero attached hydrogens (tertiary/aromatic N) is 5. The average molecular weight is 753 g/mol. The second kappa shape index (κ2) is 12.7. The predicted molar refractivity (Wildman–Crippen MR) is 178 cm³/mol. The van der Waals surface area contributed by atoms with Crippen LogP contribution in [0.3, 0.4) is 0 Å². The van der Waals surface area contributed by atoms with Gasteiger partial charge in [-0.05, 0) is 72.8 Å². The molecule has 0 spiro atoms. The average Bonchev–Trinajstić information content (AvgIpc) is 3.51. The number of azo groups is 2. The molecule has 21 heteroatoms. The maximum absolute atomic E-state index is 12.5. The Bertz CT molecular complexity index is 2820. The number of rotatable bonds is 9. The van der Waals surface area contributed by atoms with Crippen LogP contribution in [-0.4, -0.2) is 65.1 Å². The van der Waals surface area contributed by atoms with Crippen molar-refractivity contribution in [2.24, 2.45) is 20.5 Å². The first kappa shape index (κ1) is 34.9. The number of carbonyl (C=O) groups is 1. The van der Waals surface area contributed by atoms with E-state index in [1.54, 1.807) is 0 Å². The summed E-state index contributed by atoms with van der Waals surface area (Å²) >= 11 is 0. The van der Waals surface area contributed by atoms with Crippen molar-refractivity contribution in [1.29, 1.82) is 0 Å². The fourth-order valence-electron chi connectivity index (χ4n) is 4.96. The minimum Gasteiger partial charge on any atom is -0.505 e. The molecule has 0 saturated carbocycles. The first-order valence-corrected chi connectivity index (χ1v) is 18.2. The molecule has 1 heterocycles. The number of hydrogen-bond donors (Lipinski definition) is 6. The minimum atomic E-state index is -5.12. The molecule has 0 aliphatic carbocycles. The zero-order valence-electron chi connectivity index (χ0n) is 25.1. The van der Waals surface area contributed by atoms with Crippen molar-refractivity contribution in [3.05, 3.63) is 90.5 Å². The van der Waals surface area contributed by atoms with Crippen LogP contribution in [0.5, 0.6) is 5.75 Å². The van der Waals surface area contributed by atoms with Gasteiger partial charge in [0.15, 0.2) is 5.75 Å². The van der Waals surface area contributed by atoms with Gasteiger partial charge in [0, 0.05) is 16.3 Å². The number of nitrogens with one attached hydrogen (secondary N) is 1. The summed E-state index contributed by atoms with van der Waals surface area (Å²) in [5.41, 5.74) is -1.05. The highest BCUT2D eigenvalue weighted by molar-refractivity contribution is 7.86. The smallest absolute Gasteiger partial charge is 0.338 e. The van der Waals surface area contributed by atoms with Gasteiger partial charge in [0.05, 0.1) is 32.9 Å². The van der Waals surface area contributed by atoms with Crippen molar-refractivity contribution in [3.63, 3.8) is 0 Å². The molecular formula is C30H20N6O12S3. The number of aromatic hydroxyl groups is 1. The van der Waals surface area contributed by atoms with Crippen molar-refractivity contribution < 1.29 is 53.9 Å². The SMILES string of the molecule is O=C(O)c1cc(/N=N/c2ccc(S(=O)(=O)O)cc2)ccc1/N=N/c1c(S(=O)(=O)O)cc2c(ccc3nc(-c4ccccc4S(=O)(=O)O)[nH]c32)c1O. The van der Waals surface area contributed by atoms with E-state index < -0.39 is 63.1 Å². The number of benzene rings is 5. The Morgan fingerprint density at radius 2 is 1.31 bits per heavy atom. The molecule has 6 aromatic rings. The molecule has 0 aliphatic heterocycles. The molecule has 6 N–H and O–H groups in total. The lowest BCUT2D eigenvalue weighted by atomic mass is 10.1. The highest BCUT2D eigenvalue weighted by atomic mass is 32.2. The van der Waals surface area contributed by atoms with Gasteiger partial charge in [-0.25, -0.2) is 9.78 Å². The third-order valence-electron chi connectivity index (χ3n) is 7.27. The van der Waals surface area contributed by atoms with Crippen molar-refractivity contribution in [2.75, 3.05) is 0 Å². The molecule has 6 rings (SSSR count). The van der Waals surface area contributed by atoms with Crippen molar-refractivity contribution in [1.82, 2.24) is 9.97 Å². The molecule has 0 saturated heterocycles. The quantitative estimate of drug-likeness (QED) is 0.0693. The maximum atomic E-state index is 12.5. The van der Waals surface area contributed by atoms with Gasteiger partial charge in [-0.15, -0.1) is 10.2 Å². The molecule has 18 nitrogen and oxygen atoms in total. The number of H-pyrrole nitrogens is 1. The van der Waals surface area contributed by atoms with E-state index in [2.05, 4.69) is 30.4 Å². The van der Waals surface area contributed by atoms with Crippen LogP contribution >= 0.6 is 0 Å². The van der Waals surface area contributed by atoms with Crippen LogP contribution in [-0.2, 0) is 30.4 Å². The second-order valence-corrected chi connectivity index (χ2v) is 14.7. The monoisotopic (exact) mass is 752 g/mol. The van der Waals surface area contributed by atoms with Crippen LogP contribution in [0.15, 0.2) is 120 Å². The number of aromatic amines is 1. The summed E-state index contributed by atoms with van der Waals surface area (Å²) < 4.78 is 100. The van der Waals surface area contributed by atoms with Crippen LogP contribution < -0.4 is 0 Å². The molecule has 0 amide bonds. The molecule has 5 aromatic carbocycles. The van der Waals surface area contributed by atoms with E-state index in [-0.39, 0.29) is 55.2 Å². The Kier molecular flexibility index (Phi) is 8.70. The molecular weight excluding hydrogens is 733 g/mol. The molecule has 1 aromatic heterocycles. The van der Waals surface area contributed by atoms with Gasteiger partial charge in [0.25, 0.3) is 30.4 Å². The van der Waals surface area contributed by atoms with Crippen LogP contribution in [0.4, 0.5) is 22.7 Å². The topological polar surface area (TPSA) is 299 Å². The summed E-state index contributed by atoms with van der Waals surface area (Å²) in [5, 5.41) is 36.4. The van der Waals surface area contributed by atoms with E-state index in [1.807, 2.05) is 0 Å². The molecule has 0 fully saturated rings. The third kappa shape index (κ3) is 7.05. The second-order valence-electron chi connectivity index (χ2n) is 10.5. The summed E-state index contributed by atoms with van der Waals surface area (Å²) in [6, 6.07) is 17.3. The highest BCUT2D eigenvalue weighted by Gasteiger charge is 2.25. The lowest BCUT2D eigenvalue weighted by Gasteiger charge is -2.09. The number of aromatic nitrogens is 2. The number of carboxylic acids is 1. The highest BCUT2D eigenvalue weighted by Crippen LogP contribution is 2.44. The number of phenolic OH excluding ortho intramolecular Hbond substituents is 1. The number of fused-ring (bicyclic) bond motifs is 3.